The number of rotatable bonds is 3. The smallest absolute Gasteiger partial charge is 0.0578 e. The van der Waals surface area contributed by atoms with Crippen LogP contribution in [0.15, 0.2) is 0 Å². The van der Waals surface area contributed by atoms with Crippen LogP contribution in [0.1, 0.15) is 53.4 Å². The summed E-state index contributed by atoms with van der Waals surface area (Å²) in [7, 11) is 0. The molecule has 0 aromatic carbocycles. The first-order chi connectivity index (χ1) is 6.09. The van der Waals surface area contributed by atoms with Gasteiger partial charge in [-0.05, 0) is 45.4 Å². The maximum atomic E-state index is 5.82. The fraction of sp³-hybridized carbons (Fsp3) is 1.00. The quantitative estimate of drug-likeness (QED) is 0.651. The van der Waals surface area contributed by atoms with Gasteiger partial charge in [-0.1, -0.05) is 19.8 Å². The Balaban J connectivity index is 2.27. The second kappa shape index (κ2) is 4.99. The molecule has 0 unspecified atom stereocenters. The molecule has 78 valence electrons. The number of hydrogen-bond acceptors (Lipinski definition) is 1. The third kappa shape index (κ3) is 3.68. The molecule has 0 bridgehead atoms. The number of hydrogen-bond donors (Lipinski definition) is 0. The van der Waals surface area contributed by atoms with Crippen LogP contribution >= 0.6 is 0 Å². The van der Waals surface area contributed by atoms with Crippen molar-refractivity contribution in [1.29, 1.82) is 0 Å². The molecule has 0 heterocycles. The molecule has 1 saturated carbocycles. The van der Waals surface area contributed by atoms with Gasteiger partial charge in [-0.25, -0.2) is 0 Å². The second-order valence-corrected chi connectivity index (χ2v) is 4.91. The van der Waals surface area contributed by atoms with Gasteiger partial charge < -0.3 is 4.74 Å². The molecule has 0 amide bonds. The first-order valence-corrected chi connectivity index (χ1v) is 5.75. The Labute approximate surface area is 82.9 Å². The van der Waals surface area contributed by atoms with Crippen molar-refractivity contribution in [2.24, 2.45) is 11.8 Å². The summed E-state index contributed by atoms with van der Waals surface area (Å²) >= 11 is 0. The van der Waals surface area contributed by atoms with E-state index in [4.69, 9.17) is 4.74 Å². The molecule has 0 spiro atoms. The third-order valence-electron chi connectivity index (χ3n) is 3.21. The van der Waals surface area contributed by atoms with Gasteiger partial charge in [-0.2, -0.15) is 0 Å². The molecule has 1 atom stereocenters. The summed E-state index contributed by atoms with van der Waals surface area (Å²) in [5.41, 5.74) is 0. The van der Waals surface area contributed by atoms with Crippen molar-refractivity contribution < 1.29 is 4.74 Å². The molecule has 1 fully saturated rings. The molecule has 13 heavy (non-hydrogen) atoms. The molecule has 1 heteroatoms. The zero-order valence-corrected chi connectivity index (χ0v) is 9.55. The molecule has 1 aliphatic rings. The number of ether oxygens (including phenoxy) is 1. The minimum atomic E-state index is 0.384. The molecule has 1 nitrogen and oxygen atoms in total. The lowest BCUT2D eigenvalue weighted by atomic mass is 9.80. The van der Waals surface area contributed by atoms with Gasteiger partial charge in [-0.3, -0.25) is 0 Å². The first kappa shape index (κ1) is 11.0. The van der Waals surface area contributed by atoms with E-state index in [2.05, 4.69) is 27.7 Å². The van der Waals surface area contributed by atoms with Gasteiger partial charge in [0.25, 0.3) is 0 Å². The van der Waals surface area contributed by atoms with Crippen LogP contribution in [0.4, 0.5) is 0 Å². The minimum Gasteiger partial charge on any atom is -0.376 e. The highest BCUT2D eigenvalue weighted by Crippen LogP contribution is 2.31. The van der Waals surface area contributed by atoms with Crippen LogP contribution < -0.4 is 0 Å². The van der Waals surface area contributed by atoms with Crippen LogP contribution in [0.5, 0.6) is 0 Å². The molecular weight excluding hydrogens is 160 g/mol. The summed E-state index contributed by atoms with van der Waals surface area (Å²) in [6, 6.07) is 0. The maximum Gasteiger partial charge on any atom is 0.0578 e. The summed E-state index contributed by atoms with van der Waals surface area (Å²) < 4.78 is 5.82. The van der Waals surface area contributed by atoms with Crippen LogP contribution in [-0.4, -0.2) is 12.2 Å². The highest BCUT2D eigenvalue weighted by atomic mass is 16.5. The second-order valence-electron chi connectivity index (χ2n) is 4.91. The molecule has 1 aliphatic carbocycles. The van der Waals surface area contributed by atoms with E-state index in [-0.39, 0.29) is 0 Å². The van der Waals surface area contributed by atoms with Gasteiger partial charge in [0.2, 0.25) is 0 Å². The normalized spacial score (nSPS) is 32.1. The van der Waals surface area contributed by atoms with Gasteiger partial charge in [0.05, 0.1) is 12.2 Å². The minimum absolute atomic E-state index is 0.384. The van der Waals surface area contributed by atoms with E-state index in [9.17, 15) is 0 Å². The molecule has 0 saturated heterocycles. The molecule has 0 aromatic rings. The van der Waals surface area contributed by atoms with Crippen molar-refractivity contribution in [3.8, 4) is 0 Å². The predicted molar refractivity (Wildman–Crippen MR) is 56.8 cm³/mol. The van der Waals surface area contributed by atoms with Crippen LogP contribution in [0.3, 0.4) is 0 Å². The highest BCUT2D eigenvalue weighted by molar-refractivity contribution is 4.74. The van der Waals surface area contributed by atoms with E-state index in [1.807, 2.05) is 0 Å². The SMILES string of the molecule is CC1CCC([C@@H](C)OC(C)C)CC1. The fourth-order valence-electron chi connectivity index (χ4n) is 2.30. The summed E-state index contributed by atoms with van der Waals surface area (Å²) in [6.07, 6.45) is 6.39. The molecule has 0 radical (unpaired) electrons. The van der Waals surface area contributed by atoms with Crippen LogP contribution in [0.2, 0.25) is 0 Å². The first-order valence-electron chi connectivity index (χ1n) is 5.75. The Morgan fingerprint density at radius 3 is 2.00 bits per heavy atom. The highest BCUT2D eigenvalue weighted by Gasteiger charge is 2.23. The largest absolute Gasteiger partial charge is 0.376 e. The van der Waals surface area contributed by atoms with Crippen molar-refractivity contribution >= 4 is 0 Å². The van der Waals surface area contributed by atoms with Crippen LogP contribution in [0.25, 0.3) is 0 Å². The Hall–Kier alpha value is -0.0400. The van der Waals surface area contributed by atoms with Gasteiger partial charge in [-0.15, -0.1) is 0 Å². The summed E-state index contributed by atoms with van der Waals surface area (Å²) in [6.45, 7) is 8.86. The monoisotopic (exact) mass is 184 g/mol. The van der Waals surface area contributed by atoms with Crippen LogP contribution in [0, 0.1) is 11.8 Å². The van der Waals surface area contributed by atoms with E-state index < -0.39 is 0 Å². The summed E-state index contributed by atoms with van der Waals surface area (Å²) in [5.74, 6) is 1.76. The standard InChI is InChI=1S/C12H24O/c1-9(2)13-11(4)12-7-5-10(3)6-8-12/h9-12H,5-8H2,1-4H3/t10?,11-,12?/m1/s1. The van der Waals surface area contributed by atoms with Crippen molar-refractivity contribution in [1.82, 2.24) is 0 Å². The topological polar surface area (TPSA) is 9.23 Å². The summed E-state index contributed by atoms with van der Waals surface area (Å²) in [5, 5.41) is 0. The summed E-state index contributed by atoms with van der Waals surface area (Å²) in [4.78, 5) is 0. The van der Waals surface area contributed by atoms with Gasteiger partial charge >= 0.3 is 0 Å². The predicted octanol–water partition coefficient (Wildman–Crippen LogP) is 3.63. The third-order valence-corrected chi connectivity index (χ3v) is 3.21. The van der Waals surface area contributed by atoms with Gasteiger partial charge in [0.15, 0.2) is 0 Å². The van der Waals surface area contributed by atoms with E-state index in [1.54, 1.807) is 0 Å². The van der Waals surface area contributed by atoms with Crippen molar-refractivity contribution in [2.75, 3.05) is 0 Å². The lowest BCUT2D eigenvalue weighted by molar-refractivity contribution is -0.0271. The van der Waals surface area contributed by atoms with Crippen molar-refractivity contribution in [2.45, 2.75) is 65.6 Å². The Morgan fingerprint density at radius 1 is 1.00 bits per heavy atom. The molecule has 1 rings (SSSR count). The average Bonchev–Trinajstić information content (AvgIpc) is 2.04. The Bertz CT molecular complexity index is 134. The molecular formula is C12H24O. The van der Waals surface area contributed by atoms with Crippen LogP contribution in [-0.2, 0) is 4.74 Å². The lowest BCUT2D eigenvalue weighted by Crippen LogP contribution is -2.27. The zero-order valence-electron chi connectivity index (χ0n) is 9.55. The van der Waals surface area contributed by atoms with E-state index in [1.165, 1.54) is 25.7 Å². The van der Waals surface area contributed by atoms with Gasteiger partial charge in [0.1, 0.15) is 0 Å². The molecule has 0 aliphatic heterocycles. The zero-order chi connectivity index (χ0) is 9.84. The van der Waals surface area contributed by atoms with Crippen molar-refractivity contribution in [3.05, 3.63) is 0 Å². The van der Waals surface area contributed by atoms with E-state index in [0.29, 0.717) is 12.2 Å². The Kier molecular flexibility index (Phi) is 4.24. The van der Waals surface area contributed by atoms with E-state index in [0.717, 1.165) is 11.8 Å². The Morgan fingerprint density at radius 2 is 1.54 bits per heavy atom. The molecule has 0 N–H and O–H groups in total. The lowest BCUT2D eigenvalue weighted by Gasteiger charge is -2.31. The molecule has 0 aromatic heterocycles. The van der Waals surface area contributed by atoms with E-state index >= 15 is 0 Å². The average molecular weight is 184 g/mol. The van der Waals surface area contributed by atoms with Crippen molar-refractivity contribution in [3.63, 3.8) is 0 Å². The van der Waals surface area contributed by atoms with Gasteiger partial charge in [0, 0.05) is 0 Å². The maximum absolute atomic E-state index is 5.82. The fourth-order valence-corrected chi connectivity index (χ4v) is 2.30.